The summed E-state index contributed by atoms with van der Waals surface area (Å²) in [6.07, 6.45) is 3.66. The number of rotatable bonds is 5. The smallest absolute Gasteiger partial charge is 0.0768 e. The molecule has 1 atom stereocenters. The summed E-state index contributed by atoms with van der Waals surface area (Å²) < 4.78 is 0. The van der Waals surface area contributed by atoms with Crippen LogP contribution in [-0.2, 0) is 6.54 Å². The largest absolute Gasteiger partial charge is 0.393 e. The van der Waals surface area contributed by atoms with Crippen molar-refractivity contribution < 1.29 is 0 Å². The van der Waals surface area contributed by atoms with Gasteiger partial charge in [-0.25, -0.2) is 0 Å². The first-order chi connectivity index (χ1) is 7.09. The van der Waals surface area contributed by atoms with E-state index in [0.29, 0.717) is 4.99 Å². The minimum absolute atomic E-state index is 0.252. The maximum absolute atomic E-state index is 5.57. The Hall–Kier alpha value is -1.00. The van der Waals surface area contributed by atoms with Crippen molar-refractivity contribution >= 4 is 17.2 Å². The van der Waals surface area contributed by atoms with E-state index in [1.54, 1.807) is 6.20 Å². The first-order valence-corrected chi connectivity index (χ1v) is 5.37. The molecule has 15 heavy (non-hydrogen) atoms. The third-order valence-electron chi connectivity index (χ3n) is 2.25. The molecule has 0 saturated carbocycles. The molecule has 1 unspecified atom stereocenters. The van der Waals surface area contributed by atoms with Gasteiger partial charge < -0.3 is 10.6 Å². The summed E-state index contributed by atoms with van der Waals surface area (Å²) in [4.78, 5) is 6.85. The molecule has 0 spiro atoms. The fraction of sp³-hybridized carbons (Fsp3) is 0.455. The van der Waals surface area contributed by atoms with Gasteiger partial charge >= 0.3 is 0 Å². The Labute approximate surface area is 96.3 Å². The number of hydrogen-bond acceptors (Lipinski definition) is 3. The molecule has 0 aromatic carbocycles. The lowest BCUT2D eigenvalue weighted by Gasteiger charge is -2.20. The first kappa shape index (κ1) is 12.1. The van der Waals surface area contributed by atoms with Gasteiger partial charge in [0.15, 0.2) is 0 Å². The van der Waals surface area contributed by atoms with Gasteiger partial charge in [-0.3, -0.25) is 4.98 Å². The van der Waals surface area contributed by atoms with Crippen LogP contribution in [0.4, 0.5) is 0 Å². The fourth-order valence-electron chi connectivity index (χ4n) is 1.43. The first-order valence-electron chi connectivity index (χ1n) is 4.96. The molecular formula is C11H17N3S. The summed E-state index contributed by atoms with van der Waals surface area (Å²) in [6, 6.07) is 4.01. The number of aromatic nitrogens is 1. The van der Waals surface area contributed by atoms with Gasteiger partial charge in [0.2, 0.25) is 0 Å². The van der Waals surface area contributed by atoms with Crippen molar-refractivity contribution in [1.82, 2.24) is 9.88 Å². The average Bonchev–Trinajstić information content (AvgIpc) is 2.18. The topological polar surface area (TPSA) is 42.2 Å². The van der Waals surface area contributed by atoms with Crippen LogP contribution in [-0.4, -0.2) is 28.5 Å². The van der Waals surface area contributed by atoms with Crippen molar-refractivity contribution in [2.24, 2.45) is 11.7 Å². The van der Waals surface area contributed by atoms with E-state index in [0.717, 1.165) is 13.1 Å². The van der Waals surface area contributed by atoms with E-state index >= 15 is 0 Å². The molecule has 0 aliphatic heterocycles. The monoisotopic (exact) mass is 223 g/mol. The Morgan fingerprint density at radius 1 is 1.67 bits per heavy atom. The molecule has 1 heterocycles. The molecule has 1 rings (SSSR count). The highest BCUT2D eigenvalue weighted by Crippen LogP contribution is 2.04. The van der Waals surface area contributed by atoms with E-state index in [4.69, 9.17) is 18.0 Å². The minimum Gasteiger partial charge on any atom is -0.393 e. The Morgan fingerprint density at radius 3 is 2.93 bits per heavy atom. The van der Waals surface area contributed by atoms with Crippen molar-refractivity contribution in [3.8, 4) is 0 Å². The zero-order valence-corrected chi connectivity index (χ0v) is 10.00. The summed E-state index contributed by atoms with van der Waals surface area (Å²) >= 11 is 4.94. The molecule has 0 aliphatic rings. The van der Waals surface area contributed by atoms with E-state index in [9.17, 15) is 0 Å². The molecule has 4 heteroatoms. The van der Waals surface area contributed by atoms with E-state index in [2.05, 4.69) is 23.0 Å². The van der Waals surface area contributed by atoms with Gasteiger partial charge in [-0.2, -0.15) is 0 Å². The van der Waals surface area contributed by atoms with Crippen LogP contribution >= 0.6 is 12.2 Å². The van der Waals surface area contributed by atoms with Crippen LogP contribution in [0.3, 0.4) is 0 Å². The van der Waals surface area contributed by atoms with E-state index in [1.807, 2.05) is 19.2 Å². The van der Waals surface area contributed by atoms with Gasteiger partial charge in [0.05, 0.1) is 4.99 Å². The summed E-state index contributed by atoms with van der Waals surface area (Å²) in [5.74, 6) is 0.252. The summed E-state index contributed by atoms with van der Waals surface area (Å²) in [5.41, 5.74) is 6.77. The molecule has 2 N–H and O–H groups in total. The van der Waals surface area contributed by atoms with Gasteiger partial charge in [0.25, 0.3) is 0 Å². The van der Waals surface area contributed by atoms with Gasteiger partial charge in [0, 0.05) is 31.4 Å². The van der Waals surface area contributed by atoms with Crippen molar-refractivity contribution in [3.05, 3.63) is 30.1 Å². The van der Waals surface area contributed by atoms with Crippen molar-refractivity contribution in [3.63, 3.8) is 0 Å². The molecule has 0 fully saturated rings. The molecule has 0 bridgehead atoms. The van der Waals surface area contributed by atoms with Gasteiger partial charge in [-0.15, -0.1) is 0 Å². The average molecular weight is 223 g/mol. The van der Waals surface area contributed by atoms with Crippen LogP contribution in [0.25, 0.3) is 0 Å². The molecule has 1 aromatic rings. The number of nitrogens with zero attached hydrogens (tertiary/aromatic N) is 2. The Kier molecular flexibility index (Phi) is 4.65. The molecule has 0 aliphatic carbocycles. The van der Waals surface area contributed by atoms with Crippen molar-refractivity contribution in [2.45, 2.75) is 13.5 Å². The third-order valence-corrected chi connectivity index (χ3v) is 2.65. The second-order valence-corrected chi connectivity index (χ2v) is 4.33. The zero-order chi connectivity index (χ0) is 11.3. The summed E-state index contributed by atoms with van der Waals surface area (Å²) in [5, 5.41) is 0. The van der Waals surface area contributed by atoms with Crippen LogP contribution in [0.5, 0.6) is 0 Å². The Bertz CT molecular complexity index is 313. The molecule has 1 aromatic heterocycles. The van der Waals surface area contributed by atoms with Gasteiger partial charge in [0.1, 0.15) is 0 Å². The second kappa shape index (κ2) is 5.78. The SMILES string of the molecule is CC(CN(C)Cc1cccnc1)C(N)=S. The predicted octanol–water partition coefficient (Wildman–Crippen LogP) is 1.44. The normalized spacial score (nSPS) is 12.7. The van der Waals surface area contributed by atoms with Crippen LogP contribution < -0.4 is 5.73 Å². The predicted molar refractivity (Wildman–Crippen MR) is 66.5 cm³/mol. The second-order valence-electron chi connectivity index (χ2n) is 3.86. The van der Waals surface area contributed by atoms with Crippen LogP contribution in [0.15, 0.2) is 24.5 Å². The van der Waals surface area contributed by atoms with Crippen LogP contribution in [0.1, 0.15) is 12.5 Å². The molecular weight excluding hydrogens is 206 g/mol. The van der Waals surface area contributed by atoms with Gasteiger partial charge in [-0.05, 0) is 18.7 Å². The highest BCUT2D eigenvalue weighted by molar-refractivity contribution is 7.80. The number of nitrogens with two attached hydrogens (primary N) is 1. The third kappa shape index (κ3) is 4.36. The lowest BCUT2D eigenvalue weighted by atomic mass is 10.1. The number of hydrogen-bond donors (Lipinski definition) is 1. The number of pyridine rings is 1. The lowest BCUT2D eigenvalue weighted by Crippen LogP contribution is -2.31. The molecule has 0 radical (unpaired) electrons. The maximum atomic E-state index is 5.57. The minimum atomic E-state index is 0.252. The van der Waals surface area contributed by atoms with E-state index < -0.39 is 0 Å². The highest BCUT2D eigenvalue weighted by atomic mass is 32.1. The highest BCUT2D eigenvalue weighted by Gasteiger charge is 2.08. The zero-order valence-electron chi connectivity index (χ0n) is 9.18. The number of thiocarbonyl (C=S) groups is 1. The molecule has 82 valence electrons. The summed E-state index contributed by atoms with van der Waals surface area (Å²) in [7, 11) is 2.06. The fourth-order valence-corrected chi connectivity index (χ4v) is 1.50. The quantitative estimate of drug-likeness (QED) is 0.767. The Morgan fingerprint density at radius 2 is 2.40 bits per heavy atom. The summed E-state index contributed by atoms with van der Waals surface area (Å²) in [6.45, 7) is 3.80. The lowest BCUT2D eigenvalue weighted by molar-refractivity contribution is 0.307. The van der Waals surface area contributed by atoms with E-state index in [-0.39, 0.29) is 5.92 Å². The van der Waals surface area contributed by atoms with Crippen molar-refractivity contribution in [2.75, 3.05) is 13.6 Å². The standard InChI is InChI=1S/C11H17N3S/c1-9(11(12)15)7-14(2)8-10-4-3-5-13-6-10/h3-6,9H,7-8H2,1-2H3,(H2,12,15). The van der Waals surface area contributed by atoms with Crippen LogP contribution in [0, 0.1) is 5.92 Å². The molecule has 0 amide bonds. The van der Waals surface area contributed by atoms with Crippen LogP contribution in [0.2, 0.25) is 0 Å². The Balaban J connectivity index is 2.43. The van der Waals surface area contributed by atoms with Crippen molar-refractivity contribution in [1.29, 1.82) is 0 Å². The molecule has 0 saturated heterocycles. The maximum Gasteiger partial charge on any atom is 0.0768 e. The van der Waals surface area contributed by atoms with E-state index in [1.165, 1.54) is 5.56 Å². The molecule has 3 nitrogen and oxygen atoms in total. The van der Waals surface area contributed by atoms with Gasteiger partial charge in [-0.1, -0.05) is 25.2 Å².